The first kappa shape index (κ1) is 22.0. The highest BCUT2D eigenvalue weighted by Gasteiger charge is 2.51. The maximum atomic E-state index is 13.0. The van der Waals surface area contributed by atoms with Crippen molar-refractivity contribution >= 4 is 56.5 Å². The molecule has 0 radical (unpaired) electrons. The van der Waals surface area contributed by atoms with Crippen molar-refractivity contribution in [1.82, 2.24) is 0 Å². The summed E-state index contributed by atoms with van der Waals surface area (Å²) in [7, 11) is -5.11. The molecule has 5 nitrogen and oxygen atoms in total. The van der Waals surface area contributed by atoms with Gasteiger partial charge in [0.05, 0.1) is 5.02 Å². The fourth-order valence-corrected chi connectivity index (χ4v) is 5.54. The average Bonchev–Trinajstić information content (AvgIpc) is 2.60. The van der Waals surface area contributed by atoms with E-state index in [-0.39, 0.29) is 31.2 Å². The van der Waals surface area contributed by atoms with E-state index >= 15 is 0 Å². The van der Waals surface area contributed by atoms with Crippen LogP contribution in [0.1, 0.15) is 16.7 Å². The maximum Gasteiger partial charge on any atom is 0.283 e. The molecule has 3 N–H and O–H groups in total. The molecule has 3 rings (SSSR count). The first-order chi connectivity index (χ1) is 13.5. The third-order valence-electron chi connectivity index (χ3n) is 4.36. The Labute approximate surface area is 186 Å². The molecule has 0 aromatic heterocycles. The minimum atomic E-state index is -5.11. The summed E-state index contributed by atoms with van der Waals surface area (Å²) in [6, 6.07) is 11.6. The minimum Gasteiger partial charge on any atom is -0.508 e. The van der Waals surface area contributed by atoms with Crippen molar-refractivity contribution < 1.29 is 23.2 Å². The lowest BCUT2D eigenvalue weighted by molar-refractivity contribution is 0.435. The van der Waals surface area contributed by atoms with E-state index in [1.165, 1.54) is 42.5 Å². The average molecular weight is 494 g/mol. The van der Waals surface area contributed by atoms with Crippen LogP contribution in [-0.2, 0) is 14.9 Å². The van der Waals surface area contributed by atoms with Crippen LogP contribution in [0.4, 0.5) is 0 Å². The van der Waals surface area contributed by atoms with Crippen LogP contribution in [0.5, 0.6) is 11.5 Å². The fourth-order valence-electron chi connectivity index (χ4n) is 3.22. The van der Waals surface area contributed by atoms with Gasteiger partial charge in [0.25, 0.3) is 10.1 Å². The van der Waals surface area contributed by atoms with Crippen LogP contribution in [0.2, 0.25) is 20.1 Å². The summed E-state index contributed by atoms with van der Waals surface area (Å²) < 4.78 is 33.9. The Bertz CT molecular complexity index is 1210. The lowest BCUT2D eigenvalue weighted by Crippen LogP contribution is -2.38. The predicted molar refractivity (Wildman–Crippen MR) is 114 cm³/mol. The Kier molecular flexibility index (Phi) is 5.98. The molecule has 0 aliphatic rings. The van der Waals surface area contributed by atoms with E-state index in [4.69, 9.17) is 46.4 Å². The lowest BCUT2D eigenvalue weighted by Gasteiger charge is -2.34. The monoisotopic (exact) mass is 492 g/mol. The molecule has 0 bridgehead atoms. The van der Waals surface area contributed by atoms with Crippen LogP contribution < -0.4 is 0 Å². The number of benzene rings is 3. The zero-order valence-corrected chi connectivity index (χ0v) is 18.1. The lowest BCUT2D eigenvalue weighted by atomic mass is 9.83. The van der Waals surface area contributed by atoms with Crippen LogP contribution in [0.3, 0.4) is 0 Å². The number of hydrogen-bond donors (Lipinski definition) is 3. The van der Waals surface area contributed by atoms with Crippen molar-refractivity contribution in [3.63, 3.8) is 0 Å². The Balaban J connectivity index is 2.63. The summed E-state index contributed by atoms with van der Waals surface area (Å²) >= 11 is 24.3. The van der Waals surface area contributed by atoms with E-state index < -0.39 is 31.9 Å². The number of rotatable bonds is 4. The molecule has 29 heavy (non-hydrogen) atoms. The number of halogens is 4. The zero-order chi connectivity index (χ0) is 21.6. The molecular formula is C19H12Cl4O5S. The molecule has 0 saturated carbocycles. The van der Waals surface area contributed by atoms with Gasteiger partial charge in [-0.15, -0.1) is 0 Å². The predicted octanol–water partition coefficient (Wildman–Crippen LogP) is 5.89. The van der Waals surface area contributed by atoms with Crippen LogP contribution in [0.15, 0.2) is 54.6 Å². The summed E-state index contributed by atoms with van der Waals surface area (Å²) in [5, 5.41) is 20.6. The number of phenolic OH excluding ortho intramolecular Hbond substituents is 2. The van der Waals surface area contributed by atoms with Crippen molar-refractivity contribution in [1.29, 1.82) is 0 Å². The highest BCUT2D eigenvalue weighted by molar-refractivity contribution is 7.87. The third-order valence-corrected chi connectivity index (χ3v) is 6.88. The fraction of sp³-hybridized carbons (Fsp3) is 0.0526. The molecule has 0 spiro atoms. The topological polar surface area (TPSA) is 94.8 Å². The third kappa shape index (κ3) is 3.77. The molecule has 0 amide bonds. The van der Waals surface area contributed by atoms with Crippen LogP contribution in [-0.4, -0.2) is 23.2 Å². The Hall–Kier alpha value is -1.67. The molecule has 0 saturated heterocycles. The van der Waals surface area contributed by atoms with Gasteiger partial charge in [-0.25, -0.2) is 0 Å². The van der Waals surface area contributed by atoms with Crippen molar-refractivity contribution in [2.24, 2.45) is 0 Å². The van der Waals surface area contributed by atoms with Crippen LogP contribution in [0.25, 0.3) is 0 Å². The maximum absolute atomic E-state index is 13.0. The van der Waals surface area contributed by atoms with E-state index in [9.17, 15) is 23.2 Å². The van der Waals surface area contributed by atoms with Gasteiger partial charge in [0.2, 0.25) is 0 Å². The van der Waals surface area contributed by atoms with Crippen LogP contribution >= 0.6 is 46.4 Å². The Morgan fingerprint density at radius 1 is 0.759 bits per heavy atom. The summed E-state index contributed by atoms with van der Waals surface area (Å²) in [4.78, 5) is 0. The Morgan fingerprint density at radius 2 is 1.41 bits per heavy atom. The SMILES string of the molecule is O=S(=O)(O)C(c1cccc(Cl)c1)(c1ccc(Cl)cc1Cl)c1cc(O)cc(Cl)c1O. The van der Waals surface area contributed by atoms with Gasteiger partial charge in [-0.2, -0.15) is 8.42 Å². The van der Waals surface area contributed by atoms with Crippen LogP contribution in [0, 0.1) is 0 Å². The second-order valence-electron chi connectivity index (χ2n) is 6.11. The molecular weight excluding hydrogens is 482 g/mol. The minimum absolute atomic E-state index is 0.0475. The molecule has 1 atom stereocenters. The smallest absolute Gasteiger partial charge is 0.283 e. The summed E-state index contributed by atoms with van der Waals surface area (Å²) in [5.74, 6) is -1.11. The van der Waals surface area contributed by atoms with E-state index in [0.29, 0.717) is 0 Å². The van der Waals surface area contributed by atoms with Gasteiger partial charge in [0.1, 0.15) is 11.5 Å². The van der Waals surface area contributed by atoms with Crippen molar-refractivity contribution in [3.8, 4) is 11.5 Å². The number of hydrogen-bond acceptors (Lipinski definition) is 4. The molecule has 0 aliphatic heterocycles. The van der Waals surface area contributed by atoms with Gasteiger partial charge in [0, 0.05) is 32.3 Å². The van der Waals surface area contributed by atoms with Gasteiger partial charge >= 0.3 is 0 Å². The summed E-state index contributed by atoms with van der Waals surface area (Å²) in [6.45, 7) is 0. The van der Waals surface area contributed by atoms with E-state index in [0.717, 1.165) is 12.1 Å². The van der Waals surface area contributed by atoms with Gasteiger partial charge < -0.3 is 10.2 Å². The first-order valence-corrected chi connectivity index (χ1v) is 10.8. The van der Waals surface area contributed by atoms with Crippen molar-refractivity contribution in [3.05, 3.63) is 91.4 Å². The number of aromatic hydroxyl groups is 2. The molecule has 0 fully saturated rings. The molecule has 3 aromatic rings. The number of phenols is 2. The standard InChI is InChI=1S/C19H12Cl4O5S/c20-11-3-1-2-10(6-11)19(29(26,27)28,14-5-4-12(21)7-16(14)22)15-8-13(24)9-17(23)18(15)25/h1-9,24-25H,(H,26,27,28). The summed E-state index contributed by atoms with van der Waals surface area (Å²) in [6.07, 6.45) is 0. The van der Waals surface area contributed by atoms with E-state index in [1.54, 1.807) is 0 Å². The van der Waals surface area contributed by atoms with Gasteiger partial charge in [-0.3, -0.25) is 4.55 Å². The molecule has 10 heteroatoms. The highest BCUT2D eigenvalue weighted by atomic mass is 35.5. The Morgan fingerprint density at radius 3 is 2.00 bits per heavy atom. The molecule has 3 aromatic carbocycles. The van der Waals surface area contributed by atoms with Gasteiger partial charge in [-0.1, -0.05) is 64.6 Å². The highest BCUT2D eigenvalue weighted by Crippen LogP contribution is 2.52. The quantitative estimate of drug-likeness (QED) is 0.239. The molecule has 152 valence electrons. The summed E-state index contributed by atoms with van der Waals surface area (Å²) in [5.41, 5.74) is -0.601. The second kappa shape index (κ2) is 7.87. The second-order valence-corrected chi connectivity index (χ2v) is 9.36. The van der Waals surface area contributed by atoms with Crippen molar-refractivity contribution in [2.45, 2.75) is 4.75 Å². The molecule has 0 aliphatic carbocycles. The van der Waals surface area contributed by atoms with E-state index in [2.05, 4.69) is 0 Å². The van der Waals surface area contributed by atoms with Gasteiger partial charge in [0.15, 0.2) is 4.75 Å². The van der Waals surface area contributed by atoms with Crippen molar-refractivity contribution in [2.75, 3.05) is 0 Å². The molecule has 0 heterocycles. The molecule has 1 unspecified atom stereocenters. The largest absolute Gasteiger partial charge is 0.508 e. The van der Waals surface area contributed by atoms with E-state index in [1.807, 2.05) is 0 Å². The zero-order valence-electron chi connectivity index (χ0n) is 14.3. The normalized spacial score (nSPS) is 13.8. The van der Waals surface area contributed by atoms with Gasteiger partial charge in [-0.05, 0) is 35.9 Å². The first-order valence-electron chi connectivity index (χ1n) is 7.89.